The van der Waals surface area contributed by atoms with Crippen molar-refractivity contribution in [2.24, 2.45) is 0 Å². The summed E-state index contributed by atoms with van der Waals surface area (Å²) in [5.41, 5.74) is 2.29. The van der Waals surface area contributed by atoms with Gasteiger partial charge in [-0.1, -0.05) is 43.7 Å². The molecule has 2 rings (SSSR count). The number of unbranched alkanes of at least 4 members (excludes halogenated alkanes) is 1. The number of allylic oxidation sites excluding steroid dienone is 1. The molecule has 5 nitrogen and oxygen atoms in total. The van der Waals surface area contributed by atoms with Gasteiger partial charge in [0.1, 0.15) is 0 Å². The first-order chi connectivity index (χ1) is 11.6. The second-order valence-corrected chi connectivity index (χ2v) is 5.95. The topological polar surface area (TPSA) is 58.6 Å². The molecule has 1 aromatic carbocycles. The van der Waals surface area contributed by atoms with Gasteiger partial charge in [0.2, 0.25) is 0 Å². The molecular formula is C19H26N2O3. The minimum absolute atomic E-state index is 0.351. The minimum Gasteiger partial charge on any atom is -0.388 e. The lowest BCUT2D eigenvalue weighted by Gasteiger charge is -2.25. The summed E-state index contributed by atoms with van der Waals surface area (Å²) in [6.45, 7) is 5.59. The average molecular weight is 330 g/mol. The van der Waals surface area contributed by atoms with Gasteiger partial charge in [-0.15, -0.1) is 0 Å². The van der Waals surface area contributed by atoms with Gasteiger partial charge < -0.3 is 15.0 Å². The number of rotatable bonds is 8. The summed E-state index contributed by atoms with van der Waals surface area (Å²) in [6, 6.07) is 9.33. The zero-order chi connectivity index (χ0) is 17.5. The van der Waals surface area contributed by atoms with Crippen LogP contribution in [0.3, 0.4) is 0 Å². The van der Waals surface area contributed by atoms with E-state index in [0.29, 0.717) is 18.7 Å². The summed E-state index contributed by atoms with van der Waals surface area (Å²) in [7, 11) is 1.59. The maximum Gasteiger partial charge on any atom is 0.295 e. The quantitative estimate of drug-likeness (QED) is 0.452. The number of likely N-dealkylation sites (tertiary alicyclic amines) is 1. The highest BCUT2D eigenvalue weighted by atomic mass is 16.5. The molecule has 0 spiro atoms. The van der Waals surface area contributed by atoms with E-state index in [1.807, 2.05) is 37.3 Å². The predicted molar refractivity (Wildman–Crippen MR) is 93.4 cm³/mol. The number of ether oxygens (including phenoxy) is 1. The normalized spacial score (nSPS) is 19.8. The largest absolute Gasteiger partial charge is 0.388 e. The van der Waals surface area contributed by atoms with Crippen LogP contribution in [0, 0.1) is 0 Å². The summed E-state index contributed by atoms with van der Waals surface area (Å²) in [6.07, 6.45) is 2.10. The Labute approximate surface area is 143 Å². The van der Waals surface area contributed by atoms with Crippen LogP contribution in [-0.2, 0) is 14.3 Å². The van der Waals surface area contributed by atoms with Gasteiger partial charge in [-0.2, -0.15) is 0 Å². The van der Waals surface area contributed by atoms with Crippen LogP contribution in [0.2, 0.25) is 0 Å². The Hall–Kier alpha value is -2.14. The van der Waals surface area contributed by atoms with E-state index in [2.05, 4.69) is 12.2 Å². The van der Waals surface area contributed by atoms with Crippen LogP contribution in [0.1, 0.15) is 38.3 Å². The molecule has 1 heterocycles. The monoisotopic (exact) mass is 330 g/mol. The Morgan fingerprint density at radius 1 is 1.25 bits per heavy atom. The van der Waals surface area contributed by atoms with Crippen LogP contribution >= 0.6 is 0 Å². The molecule has 0 radical (unpaired) electrons. The van der Waals surface area contributed by atoms with Gasteiger partial charge in [0.25, 0.3) is 11.7 Å². The lowest BCUT2D eigenvalue weighted by Crippen LogP contribution is -2.32. The van der Waals surface area contributed by atoms with Crippen molar-refractivity contribution < 1.29 is 14.3 Å². The molecule has 0 saturated carbocycles. The number of hydrogen-bond acceptors (Lipinski definition) is 4. The highest BCUT2D eigenvalue weighted by molar-refractivity contribution is 6.45. The number of nitrogens with one attached hydrogen (secondary N) is 1. The van der Waals surface area contributed by atoms with Crippen LogP contribution in [0.4, 0.5) is 0 Å². The lowest BCUT2D eigenvalue weighted by atomic mass is 9.97. The minimum atomic E-state index is -0.451. The molecule has 1 aliphatic rings. The van der Waals surface area contributed by atoms with Crippen molar-refractivity contribution in [1.29, 1.82) is 0 Å². The van der Waals surface area contributed by atoms with Crippen molar-refractivity contribution in [3.05, 3.63) is 47.2 Å². The summed E-state index contributed by atoms with van der Waals surface area (Å²) in [5, 5.41) is 3.30. The average Bonchev–Trinajstić information content (AvgIpc) is 2.85. The Morgan fingerprint density at radius 3 is 2.58 bits per heavy atom. The summed E-state index contributed by atoms with van der Waals surface area (Å²) < 4.78 is 5.11. The van der Waals surface area contributed by atoms with Gasteiger partial charge in [0.05, 0.1) is 18.2 Å². The molecule has 130 valence electrons. The predicted octanol–water partition coefficient (Wildman–Crippen LogP) is 2.45. The van der Waals surface area contributed by atoms with Crippen molar-refractivity contribution >= 4 is 11.7 Å². The molecule has 0 aliphatic carbocycles. The van der Waals surface area contributed by atoms with Crippen LogP contribution in [0.15, 0.2) is 41.6 Å². The first-order valence-electron chi connectivity index (χ1n) is 8.45. The second kappa shape index (κ2) is 8.64. The third-order valence-corrected chi connectivity index (χ3v) is 4.26. The Balaban J connectivity index is 2.40. The number of ketones is 1. The van der Waals surface area contributed by atoms with E-state index in [-0.39, 0.29) is 6.04 Å². The molecule has 1 aromatic rings. The van der Waals surface area contributed by atoms with Crippen molar-refractivity contribution in [3.63, 3.8) is 0 Å². The van der Waals surface area contributed by atoms with Gasteiger partial charge in [-0.3, -0.25) is 9.59 Å². The number of amides is 1. The summed E-state index contributed by atoms with van der Waals surface area (Å²) in [5.74, 6) is -0.867. The maximum absolute atomic E-state index is 12.6. The number of nitrogens with zero attached hydrogens (tertiary/aromatic N) is 1. The van der Waals surface area contributed by atoms with Crippen molar-refractivity contribution in [1.82, 2.24) is 10.2 Å². The standard InChI is InChI=1S/C19H26N2O3/c1-4-5-11-20-14(2)16-17(15-9-7-6-8-10-15)21(12-13-24-3)19(23)18(16)22/h6-10,17,20H,4-5,11-13H2,1-3H3. The molecule has 1 atom stereocenters. The van der Waals surface area contributed by atoms with Gasteiger partial charge in [-0.25, -0.2) is 0 Å². The highest BCUT2D eigenvalue weighted by Crippen LogP contribution is 2.36. The van der Waals surface area contributed by atoms with E-state index in [0.717, 1.165) is 30.6 Å². The number of Topliss-reactive ketones (excluding diaryl/α,β-unsaturated/α-hetero) is 1. The fraction of sp³-hybridized carbons (Fsp3) is 0.474. The van der Waals surface area contributed by atoms with E-state index in [1.165, 1.54) is 0 Å². The zero-order valence-electron chi connectivity index (χ0n) is 14.7. The Kier molecular flexibility index (Phi) is 6.55. The van der Waals surface area contributed by atoms with Crippen LogP contribution < -0.4 is 5.32 Å². The molecular weight excluding hydrogens is 304 g/mol. The molecule has 1 unspecified atom stereocenters. The molecule has 1 saturated heterocycles. The molecule has 0 aromatic heterocycles. The molecule has 1 aliphatic heterocycles. The maximum atomic E-state index is 12.6. The molecule has 24 heavy (non-hydrogen) atoms. The summed E-state index contributed by atoms with van der Waals surface area (Å²) in [4.78, 5) is 26.7. The van der Waals surface area contributed by atoms with Gasteiger partial charge in [0, 0.05) is 25.9 Å². The van der Waals surface area contributed by atoms with Crippen molar-refractivity contribution in [3.8, 4) is 0 Å². The smallest absolute Gasteiger partial charge is 0.295 e. The molecule has 1 fully saturated rings. The molecule has 0 bridgehead atoms. The van der Waals surface area contributed by atoms with E-state index in [1.54, 1.807) is 12.0 Å². The van der Waals surface area contributed by atoms with E-state index in [9.17, 15) is 9.59 Å². The van der Waals surface area contributed by atoms with E-state index in [4.69, 9.17) is 4.74 Å². The van der Waals surface area contributed by atoms with Crippen molar-refractivity contribution in [2.75, 3.05) is 26.8 Å². The summed E-state index contributed by atoms with van der Waals surface area (Å²) >= 11 is 0. The number of carbonyl (C=O) groups excluding carboxylic acids is 2. The number of methoxy groups -OCH3 is 1. The Morgan fingerprint density at radius 2 is 1.96 bits per heavy atom. The number of carbonyl (C=O) groups is 2. The van der Waals surface area contributed by atoms with Gasteiger partial charge in [-0.05, 0) is 18.9 Å². The van der Waals surface area contributed by atoms with Crippen LogP contribution in [0.5, 0.6) is 0 Å². The third kappa shape index (κ3) is 3.85. The van der Waals surface area contributed by atoms with E-state index >= 15 is 0 Å². The highest BCUT2D eigenvalue weighted by Gasteiger charge is 2.44. The van der Waals surface area contributed by atoms with Gasteiger partial charge in [0.15, 0.2) is 0 Å². The lowest BCUT2D eigenvalue weighted by molar-refractivity contribution is -0.140. The number of benzene rings is 1. The Bertz CT molecular complexity index is 610. The zero-order valence-corrected chi connectivity index (χ0v) is 14.7. The van der Waals surface area contributed by atoms with Crippen LogP contribution in [-0.4, -0.2) is 43.4 Å². The van der Waals surface area contributed by atoms with Gasteiger partial charge >= 0.3 is 0 Å². The van der Waals surface area contributed by atoms with E-state index < -0.39 is 11.7 Å². The fourth-order valence-electron chi connectivity index (χ4n) is 2.97. The van der Waals surface area contributed by atoms with Crippen LogP contribution in [0.25, 0.3) is 0 Å². The van der Waals surface area contributed by atoms with Crippen molar-refractivity contribution in [2.45, 2.75) is 32.7 Å². The number of hydrogen-bond donors (Lipinski definition) is 1. The third-order valence-electron chi connectivity index (χ3n) is 4.26. The SMILES string of the molecule is CCCCNC(C)=C1C(=O)C(=O)N(CCOC)C1c1ccccc1. The first kappa shape index (κ1) is 18.2. The molecule has 5 heteroatoms. The fourth-order valence-corrected chi connectivity index (χ4v) is 2.97. The molecule has 1 amide bonds. The second-order valence-electron chi connectivity index (χ2n) is 5.95. The molecule has 1 N–H and O–H groups in total. The first-order valence-corrected chi connectivity index (χ1v) is 8.45.